The number of carbonyl (C=O) groups is 2. The fourth-order valence-electron chi connectivity index (χ4n) is 1.84. The van der Waals surface area contributed by atoms with Gasteiger partial charge in [-0.2, -0.15) is 0 Å². The van der Waals surface area contributed by atoms with Gasteiger partial charge in [0, 0.05) is 6.04 Å². The highest BCUT2D eigenvalue weighted by Gasteiger charge is 2.36. The van der Waals surface area contributed by atoms with Gasteiger partial charge in [0.05, 0.1) is 28.8 Å². The van der Waals surface area contributed by atoms with Crippen LogP contribution >= 0.6 is 22.9 Å². The lowest BCUT2D eigenvalue weighted by Gasteiger charge is -2.26. The van der Waals surface area contributed by atoms with Gasteiger partial charge in [-0.25, -0.2) is 7.91 Å². The molecule has 0 saturated heterocycles. The zero-order valence-corrected chi connectivity index (χ0v) is 12.4. The quantitative estimate of drug-likeness (QED) is 0.611. The number of hydrogen-bond acceptors (Lipinski definition) is 3. The Morgan fingerprint density at radius 2 is 1.94 bits per heavy atom. The SMILES string of the molecule is CC(C)(C)OC(=O)N(I)C1CCC(C(=O)O)C1. The van der Waals surface area contributed by atoms with E-state index in [0.29, 0.717) is 12.8 Å². The van der Waals surface area contributed by atoms with Crippen LogP contribution in [0.2, 0.25) is 0 Å². The van der Waals surface area contributed by atoms with Crippen molar-refractivity contribution in [3.63, 3.8) is 0 Å². The van der Waals surface area contributed by atoms with Crippen molar-refractivity contribution in [2.24, 2.45) is 5.92 Å². The van der Waals surface area contributed by atoms with Crippen molar-refractivity contribution >= 4 is 34.9 Å². The van der Waals surface area contributed by atoms with Crippen molar-refractivity contribution in [3.8, 4) is 0 Å². The maximum absolute atomic E-state index is 11.8. The van der Waals surface area contributed by atoms with Crippen LogP contribution in [0.5, 0.6) is 0 Å². The highest BCUT2D eigenvalue weighted by molar-refractivity contribution is 14.1. The van der Waals surface area contributed by atoms with E-state index in [0.717, 1.165) is 6.42 Å². The normalized spacial score (nSPS) is 24.5. The Morgan fingerprint density at radius 1 is 1.35 bits per heavy atom. The lowest BCUT2D eigenvalue weighted by Crippen LogP contribution is -2.36. The molecule has 1 fully saturated rings. The molecule has 1 amide bonds. The van der Waals surface area contributed by atoms with Crippen molar-refractivity contribution in [1.82, 2.24) is 3.11 Å². The number of ether oxygens (including phenoxy) is 1. The fraction of sp³-hybridized carbons (Fsp3) is 0.818. The van der Waals surface area contributed by atoms with Crippen LogP contribution in [0.3, 0.4) is 0 Å². The summed E-state index contributed by atoms with van der Waals surface area (Å²) >= 11 is 1.91. The summed E-state index contributed by atoms with van der Waals surface area (Å²) in [4.78, 5) is 22.6. The van der Waals surface area contributed by atoms with Crippen molar-refractivity contribution in [3.05, 3.63) is 0 Å². The minimum absolute atomic E-state index is 0.0356. The molecule has 0 aromatic rings. The van der Waals surface area contributed by atoms with Gasteiger partial charge in [-0.3, -0.25) is 4.79 Å². The largest absolute Gasteiger partial charge is 0.481 e. The molecule has 0 bridgehead atoms. The first-order valence-electron chi connectivity index (χ1n) is 5.61. The Bertz CT molecular complexity index is 313. The minimum Gasteiger partial charge on any atom is -0.481 e. The molecule has 1 aliphatic carbocycles. The summed E-state index contributed by atoms with van der Waals surface area (Å²) in [6.45, 7) is 5.43. The Labute approximate surface area is 115 Å². The highest BCUT2D eigenvalue weighted by atomic mass is 127. The maximum atomic E-state index is 11.8. The third-order valence-corrected chi connectivity index (χ3v) is 3.82. The molecule has 0 spiro atoms. The van der Waals surface area contributed by atoms with Crippen LogP contribution in [0.15, 0.2) is 0 Å². The predicted molar refractivity (Wildman–Crippen MR) is 70.9 cm³/mol. The third-order valence-electron chi connectivity index (χ3n) is 2.64. The molecule has 2 atom stereocenters. The van der Waals surface area contributed by atoms with Gasteiger partial charge in [0.1, 0.15) is 5.60 Å². The first-order valence-corrected chi connectivity index (χ1v) is 6.58. The second kappa shape index (κ2) is 5.41. The third kappa shape index (κ3) is 4.33. The molecule has 0 aliphatic heterocycles. The molecule has 0 radical (unpaired) electrons. The number of aliphatic carboxylic acids is 1. The van der Waals surface area contributed by atoms with E-state index in [-0.39, 0.29) is 12.0 Å². The van der Waals surface area contributed by atoms with E-state index in [2.05, 4.69) is 0 Å². The summed E-state index contributed by atoms with van der Waals surface area (Å²) in [6.07, 6.45) is 1.47. The average Bonchev–Trinajstić information content (AvgIpc) is 2.62. The number of rotatable bonds is 2. The molecule has 1 aliphatic rings. The maximum Gasteiger partial charge on any atom is 0.419 e. The van der Waals surface area contributed by atoms with Gasteiger partial charge in [0.15, 0.2) is 0 Å². The van der Waals surface area contributed by atoms with Crippen LogP contribution in [0.1, 0.15) is 40.0 Å². The number of carbonyl (C=O) groups excluding carboxylic acids is 1. The van der Waals surface area contributed by atoms with Gasteiger partial charge < -0.3 is 9.84 Å². The van der Waals surface area contributed by atoms with Gasteiger partial charge in [0.25, 0.3) is 0 Å². The van der Waals surface area contributed by atoms with E-state index < -0.39 is 17.7 Å². The number of hydrogen-bond donors (Lipinski definition) is 1. The lowest BCUT2D eigenvalue weighted by molar-refractivity contribution is -0.141. The summed E-state index contributed by atoms with van der Waals surface area (Å²) < 4.78 is 6.73. The molecule has 6 heteroatoms. The number of carboxylic acids is 1. The topological polar surface area (TPSA) is 66.8 Å². The number of halogens is 1. The van der Waals surface area contributed by atoms with Crippen LogP contribution in [0, 0.1) is 5.92 Å². The zero-order valence-electron chi connectivity index (χ0n) is 10.3. The molecule has 98 valence electrons. The smallest absolute Gasteiger partial charge is 0.419 e. The van der Waals surface area contributed by atoms with E-state index in [1.165, 1.54) is 3.11 Å². The standard InChI is InChI=1S/C11H18INO4/c1-11(2,3)17-10(16)13(12)8-5-4-7(6-8)9(14)15/h7-8H,4-6H2,1-3H3,(H,14,15). The van der Waals surface area contributed by atoms with Gasteiger partial charge in [-0.15, -0.1) is 0 Å². The average molecular weight is 355 g/mol. The number of nitrogens with zero attached hydrogens (tertiary/aromatic N) is 1. The minimum atomic E-state index is -0.776. The van der Waals surface area contributed by atoms with E-state index in [4.69, 9.17) is 9.84 Å². The molecule has 1 saturated carbocycles. The van der Waals surface area contributed by atoms with Crippen LogP contribution in [0.25, 0.3) is 0 Å². The molecule has 1 N–H and O–H groups in total. The zero-order chi connectivity index (χ0) is 13.2. The molecule has 17 heavy (non-hydrogen) atoms. The van der Waals surface area contributed by atoms with Gasteiger partial charge in [-0.1, -0.05) is 0 Å². The van der Waals surface area contributed by atoms with Crippen LogP contribution in [-0.4, -0.2) is 31.9 Å². The van der Waals surface area contributed by atoms with Crippen molar-refractivity contribution < 1.29 is 19.4 Å². The Morgan fingerprint density at radius 3 is 2.35 bits per heavy atom. The van der Waals surface area contributed by atoms with E-state index in [1.54, 1.807) is 0 Å². The predicted octanol–water partition coefficient (Wildman–Crippen LogP) is 2.83. The van der Waals surface area contributed by atoms with E-state index >= 15 is 0 Å². The fourth-order valence-corrected chi connectivity index (χ4v) is 2.45. The summed E-state index contributed by atoms with van der Waals surface area (Å²) in [6, 6.07) is -0.0356. The summed E-state index contributed by atoms with van der Waals surface area (Å²) in [5.74, 6) is -1.11. The van der Waals surface area contributed by atoms with Crippen LogP contribution < -0.4 is 0 Å². The van der Waals surface area contributed by atoms with Crippen LogP contribution in [0.4, 0.5) is 4.79 Å². The lowest BCUT2D eigenvalue weighted by atomic mass is 10.1. The first-order chi connectivity index (χ1) is 7.70. The summed E-state index contributed by atoms with van der Waals surface area (Å²) in [5.41, 5.74) is -0.523. The highest BCUT2D eigenvalue weighted by Crippen LogP contribution is 2.32. The van der Waals surface area contributed by atoms with E-state index in [9.17, 15) is 9.59 Å². The van der Waals surface area contributed by atoms with Crippen LogP contribution in [-0.2, 0) is 9.53 Å². The molecule has 5 nitrogen and oxygen atoms in total. The summed E-state index contributed by atoms with van der Waals surface area (Å²) in [7, 11) is 0. The van der Waals surface area contributed by atoms with Crippen molar-refractivity contribution in [2.75, 3.05) is 0 Å². The molecular weight excluding hydrogens is 337 g/mol. The number of amides is 1. The van der Waals surface area contributed by atoms with Crippen molar-refractivity contribution in [1.29, 1.82) is 0 Å². The second-order valence-corrected chi connectivity index (χ2v) is 6.33. The van der Waals surface area contributed by atoms with Gasteiger partial charge in [0.2, 0.25) is 0 Å². The molecular formula is C11H18INO4. The first kappa shape index (κ1) is 14.5. The molecule has 0 aromatic carbocycles. The number of carboxylic acid groups (broad SMARTS) is 1. The van der Waals surface area contributed by atoms with Gasteiger partial charge >= 0.3 is 12.1 Å². The monoisotopic (exact) mass is 355 g/mol. The molecule has 1 rings (SSSR count). The Hall–Kier alpha value is -0.530. The second-order valence-electron chi connectivity index (χ2n) is 5.29. The molecule has 0 heterocycles. The van der Waals surface area contributed by atoms with Crippen molar-refractivity contribution in [2.45, 2.75) is 51.7 Å². The Kier molecular flexibility index (Phi) is 4.62. The summed E-state index contributed by atoms with van der Waals surface area (Å²) in [5, 5.41) is 8.90. The van der Waals surface area contributed by atoms with E-state index in [1.807, 2.05) is 43.6 Å². The molecule has 2 unspecified atom stereocenters. The molecule has 0 aromatic heterocycles. The van der Waals surface area contributed by atoms with Gasteiger partial charge in [-0.05, 0) is 40.0 Å². The Balaban J connectivity index is 2.52.